The van der Waals surface area contributed by atoms with Crippen molar-refractivity contribution in [1.29, 1.82) is 0 Å². The predicted octanol–water partition coefficient (Wildman–Crippen LogP) is 4.43. The maximum Gasteiger partial charge on any atom is 0.264 e. The highest BCUT2D eigenvalue weighted by molar-refractivity contribution is 7.92. The number of carbonyl (C=O) groups excluding carboxylic acids is 2. The van der Waals surface area contributed by atoms with Gasteiger partial charge in [-0.25, -0.2) is 8.42 Å². The minimum absolute atomic E-state index is 0.0963. The number of amides is 2. The quantitative estimate of drug-likeness (QED) is 0.351. The molecule has 1 N–H and O–H groups in total. The van der Waals surface area contributed by atoms with Gasteiger partial charge in [-0.15, -0.1) is 0 Å². The zero-order valence-corrected chi connectivity index (χ0v) is 23.2. The lowest BCUT2D eigenvalue weighted by atomic mass is 10.1. The van der Waals surface area contributed by atoms with Gasteiger partial charge in [-0.2, -0.15) is 0 Å². The zero-order chi connectivity index (χ0) is 27.5. The molecule has 3 aromatic rings. The molecular weight excluding hydrogens is 498 g/mol. The Hall–Kier alpha value is -3.65. The molecule has 0 spiro atoms. The number of hydrogen-bond donors (Lipinski definition) is 1. The first kappa shape index (κ1) is 28.9. The molecule has 3 aromatic carbocycles. The van der Waals surface area contributed by atoms with E-state index in [1.807, 2.05) is 63.2 Å². The summed E-state index contributed by atoms with van der Waals surface area (Å²) in [5.74, 6) is -0.681. The first-order chi connectivity index (χ1) is 18.3. The summed E-state index contributed by atoms with van der Waals surface area (Å²) in [6.07, 6.45) is 1.75. The Morgan fingerprint density at radius 2 is 1.42 bits per heavy atom. The summed E-state index contributed by atoms with van der Waals surface area (Å²) >= 11 is 0. The molecule has 7 nitrogen and oxygen atoms in total. The number of aryl methyl sites for hydroxylation is 1. The summed E-state index contributed by atoms with van der Waals surface area (Å²) in [5.41, 5.74) is 2.48. The largest absolute Gasteiger partial charge is 0.355 e. The Morgan fingerprint density at radius 1 is 0.816 bits per heavy atom. The first-order valence-electron chi connectivity index (χ1n) is 13.1. The molecule has 0 saturated heterocycles. The monoisotopic (exact) mass is 535 g/mol. The van der Waals surface area contributed by atoms with Gasteiger partial charge in [0.2, 0.25) is 11.8 Å². The number of nitrogens with one attached hydrogen (secondary N) is 1. The van der Waals surface area contributed by atoms with Crippen LogP contribution in [0.5, 0.6) is 0 Å². The number of sulfonamides is 1. The van der Waals surface area contributed by atoms with E-state index in [-0.39, 0.29) is 17.3 Å². The average Bonchev–Trinajstić information content (AvgIpc) is 2.95. The minimum Gasteiger partial charge on any atom is -0.355 e. The molecule has 8 heteroatoms. The van der Waals surface area contributed by atoms with Crippen molar-refractivity contribution in [3.8, 4) is 0 Å². The van der Waals surface area contributed by atoms with Gasteiger partial charge < -0.3 is 10.2 Å². The summed E-state index contributed by atoms with van der Waals surface area (Å²) in [4.78, 5) is 28.5. The van der Waals surface area contributed by atoms with Crippen LogP contribution in [-0.4, -0.2) is 50.8 Å². The molecule has 0 aliphatic heterocycles. The average molecular weight is 536 g/mol. The highest BCUT2D eigenvalue weighted by Crippen LogP contribution is 2.25. The van der Waals surface area contributed by atoms with Gasteiger partial charge in [0.15, 0.2) is 0 Å². The Labute approximate surface area is 226 Å². The van der Waals surface area contributed by atoms with Crippen LogP contribution in [-0.2, 0) is 32.5 Å². The van der Waals surface area contributed by atoms with Crippen molar-refractivity contribution in [2.45, 2.75) is 51.0 Å². The molecule has 0 fully saturated rings. The lowest BCUT2D eigenvalue weighted by molar-refractivity contribution is -0.139. The molecule has 3 rings (SSSR count). The van der Waals surface area contributed by atoms with Gasteiger partial charge in [-0.05, 0) is 61.6 Å². The van der Waals surface area contributed by atoms with Crippen LogP contribution >= 0.6 is 0 Å². The number of carbonyl (C=O) groups is 2. The third-order valence-corrected chi connectivity index (χ3v) is 8.25. The Morgan fingerprint density at radius 3 is 1.97 bits per heavy atom. The second-order valence-corrected chi connectivity index (χ2v) is 10.8. The SMILES string of the molecule is CCNC(=O)C(CC)N(CCc1ccccc1)C(=O)CN(c1ccc(CC)cc1)S(=O)(=O)c1ccccc1. The molecule has 0 heterocycles. The van der Waals surface area contributed by atoms with Gasteiger partial charge in [-0.3, -0.25) is 13.9 Å². The van der Waals surface area contributed by atoms with Crippen molar-refractivity contribution in [1.82, 2.24) is 10.2 Å². The van der Waals surface area contributed by atoms with Crippen LogP contribution in [0.3, 0.4) is 0 Å². The number of nitrogens with zero attached hydrogens (tertiary/aromatic N) is 2. The highest BCUT2D eigenvalue weighted by atomic mass is 32.2. The number of anilines is 1. The molecule has 202 valence electrons. The smallest absolute Gasteiger partial charge is 0.264 e. The summed E-state index contributed by atoms with van der Waals surface area (Å²) in [6.45, 7) is 6.00. The minimum atomic E-state index is -4.05. The molecule has 0 aliphatic rings. The predicted molar refractivity (Wildman–Crippen MR) is 151 cm³/mol. The van der Waals surface area contributed by atoms with E-state index in [0.717, 1.165) is 21.9 Å². The van der Waals surface area contributed by atoms with Crippen molar-refractivity contribution in [3.05, 3.63) is 96.1 Å². The Kier molecular flexibility index (Phi) is 10.5. The molecule has 38 heavy (non-hydrogen) atoms. The number of hydrogen-bond acceptors (Lipinski definition) is 4. The molecule has 0 radical (unpaired) electrons. The van der Waals surface area contributed by atoms with Crippen molar-refractivity contribution in [2.75, 3.05) is 23.9 Å². The zero-order valence-electron chi connectivity index (χ0n) is 22.3. The topological polar surface area (TPSA) is 86.8 Å². The normalized spacial score (nSPS) is 12.0. The summed E-state index contributed by atoms with van der Waals surface area (Å²) < 4.78 is 28.7. The van der Waals surface area contributed by atoms with E-state index >= 15 is 0 Å². The van der Waals surface area contributed by atoms with E-state index in [1.165, 1.54) is 17.0 Å². The number of benzene rings is 3. The van der Waals surface area contributed by atoms with Crippen LogP contribution in [0.4, 0.5) is 5.69 Å². The van der Waals surface area contributed by atoms with Crippen molar-refractivity contribution in [2.24, 2.45) is 0 Å². The molecular formula is C30H37N3O4S. The third kappa shape index (κ3) is 7.22. The lowest BCUT2D eigenvalue weighted by Gasteiger charge is -2.33. The van der Waals surface area contributed by atoms with E-state index in [4.69, 9.17) is 0 Å². The highest BCUT2D eigenvalue weighted by Gasteiger charge is 2.33. The summed E-state index contributed by atoms with van der Waals surface area (Å²) in [7, 11) is -4.05. The van der Waals surface area contributed by atoms with Crippen LogP contribution in [0, 0.1) is 0 Å². The van der Waals surface area contributed by atoms with Gasteiger partial charge in [0.05, 0.1) is 10.6 Å². The lowest BCUT2D eigenvalue weighted by Crippen LogP contribution is -2.53. The Balaban J connectivity index is 1.99. The Bertz CT molecular complexity index is 1280. The van der Waals surface area contributed by atoms with Crippen LogP contribution in [0.1, 0.15) is 38.3 Å². The van der Waals surface area contributed by atoms with Crippen LogP contribution in [0.2, 0.25) is 0 Å². The first-order valence-corrected chi connectivity index (χ1v) is 14.5. The fraction of sp³-hybridized carbons (Fsp3) is 0.333. The number of likely N-dealkylation sites (N-methyl/N-ethyl adjacent to an activating group) is 1. The van der Waals surface area contributed by atoms with E-state index in [2.05, 4.69) is 5.32 Å². The van der Waals surface area contributed by atoms with Crippen molar-refractivity contribution < 1.29 is 18.0 Å². The molecule has 0 aromatic heterocycles. The van der Waals surface area contributed by atoms with Gasteiger partial charge >= 0.3 is 0 Å². The molecule has 1 atom stereocenters. The standard InChI is InChI=1S/C30H37N3O4S/c1-4-24-17-19-26(20-18-24)33(38(36,37)27-15-11-8-12-16-27)23-29(34)32(28(5-2)30(35)31-6-3)22-21-25-13-9-7-10-14-25/h7-20,28H,4-6,21-23H2,1-3H3,(H,31,35). The van der Waals surface area contributed by atoms with E-state index in [0.29, 0.717) is 25.1 Å². The molecule has 0 aliphatic carbocycles. The fourth-order valence-corrected chi connectivity index (χ4v) is 5.77. The van der Waals surface area contributed by atoms with Gasteiger partial charge in [0.25, 0.3) is 10.0 Å². The van der Waals surface area contributed by atoms with Crippen LogP contribution in [0.25, 0.3) is 0 Å². The molecule has 0 saturated carbocycles. The molecule has 1 unspecified atom stereocenters. The van der Waals surface area contributed by atoms with Crippen molar-refractivity contribution >= 4 is 27.5 Å². The summed E-state index contributed by atoms with van der Waals surface area (Å²) in [6, 6.07) is 24.3. The summed E-state index contributed by atoms with van der Waals surface area (Å²) in [5, 5.41) is 2.82. The maximum absolute atomic E-state index is 13.9. The number of rotatable bonds is 13. The van der Waals surface area contributed by atoms with Gasteiger partial charge in [-0.1, -0.05) is 74.5 Å². The van der Waals surface area contributed by atoms with Crippen molar-refractivity contribution in [3.63, 3.8) is 0 Å². The third-order valence-electron chi connectivity index (χ3n) is 6.46. The maximum atomic E-state index is 13.9. The fourth-order valence-electron chi connectivity index (χ4n) is 4.33. The van der Waals surface area contributed by atoms with E-state index in [9.17, 15) is 18.0 Å². The second kappa shape index (κ2) is 13.8. The molecule has 2 amide bonds. The van der Waals surface area contributed by atoms with E-state index < -0.39 is 28.5 Å². The second-order valence-electron chi connectivity index (χ2n) is 8.99. The molecule has 0 bridgehead atoms. The van der Waals surface area contributed by atoms with Gasteiger partial charge in [0, 0.05) is 13.1 Å². The van der Waals surface area contributed by atoms with Crippen LogP contribution in [0.15, 0.2) is 89.8 Å². The van der Waals surface area contributed by atoms with Crippen LogP contribution < -0.4 is 9.62 Å². The van der Waals surface area contributed by atoms with E-state index in [1.54, 1.807) is 30.3 Å². The van der Waals surface area contributed by atoms with Gasteiger partial charge in [0.1, 0.15) is 12.6 Å².